The molecule has 3 heterocycles. The van der Waals surface area contributed by atoms with Gasteiger partial charge in [-0.05, 0) is 99.0 Å². The van der Waals surface area contributed by atoms with Crippen LogP contribution in [0.25, 0.3) is 10.6 Å². The zero-order chi connectivity index (χ0) is 28.5. The summed E-state index contributed by atoms with van der Waals surface area (Å²) in [6.07, 6.45) is 8.93. The molecule has 5 rings (SSSR count). The molecule has 1 saturated heterocycles. The van der Waals surface area contributed by atoms with Gasteiger partial charge in [-0.2, -0.15) is 4.31 Å². The molecule has 216 valence electrons. The number of benzene rings is 2. The SMILES string of the molecule is CN(C[C@H](CCN1CCC(CCCc2ccccc2)CC1)c1ccccc1)S(=O)(=O)c1ccc(-c2ccccn2)s1. The molecule has 0 aliphatic carbocycles. The summed E-state index contributed by atoms with van der Waals surface area (Å²) in [5, 5.41) is 0. The molecule has 1 aliphatic heterocycles. The minimum absolute atomic E-state index is 0.134. The Hall–Kier alpha value is -2.84. The minimum Gasteiger partial charge on any atom is -0.303 e. The molecular formula is C34H41N3O2S2. The van der Waals surface area contributed by atoms with Crippen molar-refractivity contribution in [3.8, 4) is 10.6 Å². The van der Waals surface area contributed by atoms with E-state index in [1.807, 2.05) is 30.3 Å². The Bertz CT molecular complexity index is 1440. The highest BCUT2D eigenvalue weighted by Crippen LogP contribution is 2.32. The molecule has 5 nitrogen and oxygen atoms in total. The van der Waals surface area contributed by atoms with Crippen LogP contribution in [0.3, 0.4) is 0 Å². The zero-order valence-corrected chi connectivity index (χ0v) is 25.6. The first-order valence-electron chi connectivity index (χ1n) is 14.8. The fourth-order valence-corrected chi connectivity index (χ4v) is 8.54. The number of sulfonamides is 1. The van der Waals surface area contributed by atoms with E-state index in [-0.39, 0.29) is 5.92 Å². The number of piperidine rings is 1. The van der Waals surface area contributed by atoms with Crippen LogP contribution < -0.4 is 0 Å². The molecule has 1 fully saturated rings. The molecule has 0 radical (unpaired) electrons. The molecule has 7 heteroatoms. The van der Waals surface area contributed by atoms with Crippen LogP contribution in [0.4, 0.5) is 0 Å². The molecule has 1 aliphatic rings. The van der Waals surface area contributed by atoms with Crippen molar-refractivity contribution >= 4 is 21.4 Å². The van der Waals surface area contributed by atoms with Gasteiger partial charge in [-0.15, -0.1) is 11.3 Å². The van der Waals surface area contributed by atoms with Gasteiger partial charge in [0.15, 0.2) is 0 Å². The molecule has 1 atom stereocenters. The van der Waals surface area contributed by atoms with Crippen LogP contribution in [0.1, 0.15) is 49.1 Å². The van der Waals surface area contributed by atoms with Crippen molar-refractivity contribution in [3.05, 3.63) is 108 Å². The lowest BCUT2D eigenvalue weighted by Crippen LogP contribution is -2.36. The van der Waals surface area contributed by atoms with Gasteiger partial charge in [-0.1, -0.05) is 73.2 Å². The molecule has 41 heavy (non-hydrogen) atoms. The highest BCUT2D eigenvalue weighted by atomic mass is 32.2. The van der Waals surface area contributed by atoms with Gasteiger partial charge < -0.3 is 4.90 Å². The van der Waals surface area contributed by atoms with Gasteiger partial charge in [0.1, 0.15) is 4.21 Å². The molecule has 4 aromatic rings. The lowest BCUT2D eigenvalue weighted by atomic mass is 9.90. The lowest BCUT2D eigenvalue weighted by Gasteiger charge is -2.33. The maximum atomic E-state index is 13.6. The van der Waals surface area contributed by atoms with Crippen LogP contribution in [0, 0.1) is 5.92 Å². The quantitative estimate of drug-likeness (QED) is 0.164. The number of hydrogen-bond donors (Lipinski definition) is 0. The summed E-state index contributed by atoms with van der Waals surface area (Å²) in [7, 11) is -1.88. The Morgan fingerprint density at radius 2 is 1.63 bits per heavy atom. The number of thiophene rings is 1. The summed E-state index contributed by atoms with van der Waals surface area (Å²) >= 11 is 1.28. The molecule has 0 unspecified atom stereocenters. The van der Waals surface area contributed by atoms with Gasteiger partial charge in [-0.25, -0.2) is 8.42 Å². The van der Waals surface area contributed by atoms with E-state index in [0.29, 0.717) is 10.8 Å². The molecule has 2 aromatic heterocycles. The van der Waals surface area contributed by atoms with Crippen molar-refractivity contribution in [1.82, 2.24) is 14.2 Å². The highest BCUT2D eigenvalue weighted by Gasteiger charge is 2.27. The first kappa shape index (κ1) is 29.6. The number of rotatable bonds is 13. The minimum atomic E-state index is -3.60. The summed E-state index contributed by atoms with van der Waals surface area (Å²) in [5.41, 5.74) is 3.44. The molecule has 0 saturated carbocycles. The van der Waals surface area contributed by atoms with E-state index in [9.17, 15) is 8.42 Å². The van der Waals surface area contributed by atoms with Crippen LogP contribution in [0.15, 0.2) is 101 Å². The molecule has 0 spiro atoms. The molecular weight excluding hydrogens is 547 g/mol. The van der Waals surface area contributed by atoms with Crippen molar-refractivity contribution in [3.63, 3.8) is 0 Å². The second-order valence-electron chi connectivity index (χ2n) is 11.2. The summed E-state index contributed by atoms with van der Waals surface area (Å²) in [6.45, 7) is 3.72. The number of likely N-dealkylation sites (N-methyl/N-ethyl adjacent to an activating group) is 1. The number of pyridine rings is 1. The van der Waals surface area contributed by atoms with E-state index in [0.717, 1.165) is 42.5 Å². The van der Waals surface area contributed by atoms with E-state index >= 15 is 0 Å². The van der Waals surface area contributed by atoms with E-state index < -0.39 is 10.0 Å². The maximum Gasteiger partial charge on any atom is 0.252 e. The van der Waals surface area contributed by atoms with Crippen molar-refractivity contribution in [2.45, 2.75) is 48.7 Å². The van der Waals surface area contributed by atoms with Gasteiger partial charge in [-0.3, -0.25) is 4.98 Å². The van der Waals surface area contributed by atoms with Crippen molar-refractivity contribution in [2.24, 2.45) is 5.92 Å². The summed E-state index contributed by atoms with van der Waals surface area (Å²) in [6, 6.07) is 30.5. The van der Waals surface area contributed by atoms with Crippen LogP contribution >= 0.6 is 11.3 Å². The normalized spacial score (nSPS) is 15.8. The number of aryl methyl sites for hydroxylation is 1. The summed E-state index contributed by atoms with van der Waals surface area (Å²) in [5.74, 6) is 0.952. The standard InChI is InChI=1S/C34H41N3O2S2/c1-36(41(38,39)34-19-18-33(40-34)32-17-8-9-23-35-32)27-31(30-15-6-3-7-16-30)22-26-37-24-20-29(21-25-37)14-10-13-28-11-4-2-5-12-28/h2-9,11-12,15-19,23,29,31H,10,13-14,20-22,24-27H2,1H3/t31-/m0/s1. The fraction of sp³-hybridized carbons (Fsp3) is 0.382. The van der Waals surface area contributed by atoms with Crippen LogP contribution in [-0.4, -0.2) is 55.8 Å². The third-order valence-corrected chi connectivity index (χ3v) is 11.7. The lowest BCUT2D eigenvalue weighted by molar-refractivity contribution is 0.171. The first-order valence-corrected chi connectivity index (χ1v) is 17.0. The van der Waals surface area contributed by atoms with Crippen molar-refractivity contribution in [2.75, 3.05) is 33.2 Å². The second-order valence-corrected chi connectivity index (χ2v) is 14.5. The molecule has 2 aromatic carbocycles. The first-order chi connectivity index (χ1) is 20.0. The van der Waals surface area contributed by atoms with Gasteiger partial charge >= 0.3 is 0 Å². The Kier molecular flexibility index (Phi) is 10.4. The fourth-order valence-electron chi connectivity index (χ4n) is 5.83. The number of hydrogen-bond acceptors (Lipinski definition) is 5. The second kappa shape index (κ2) is 14.4. The third-order valence-electron chi connectivity index (χ3n) is 8.33. The van der Waals surface area contributed by atoms with E-state index in [1.165, 1.54) is 58.9 Å². The summed E-state index contributed by atoms with van der Waals surface area (Å²) < 4.78 is 29.0. The predicted octanol–water partition coefficient (Wildman–Crippen LogP) is 7.34. The van der Waals surface area contributed by atoms with Crippen molar-refractivity contribution < 1.29 is 8.42 Å². The average Bonchev–Trinajstić information content (AvgIpc) is 3.53. The predicted molar refractivity (Wildman–Crippen MR) is 170 cm³/mol. The van der Waals surface area contributed by atoms with Gasteiger partial charge in [0.25, 0.3) is 10.0 Å². The van der Waals surface area contributed by atoms with Gasteiger partial charge in [0, 0.05) is 19.8 Å². The van der Waals surface area contributed by atoms with E-state index in [4.69, 9.17) is 0 Å². The van der Waals surface area contributed by atoms with Crippen LogP contribution in [0.2, 0.25) is 0 Å². The summed E-state index contributed by atoms with van der Waals surface area (Å²) in [4.78, 5) is 7.82. The topological polar surface area (TPSA) is 53.5 Å². The number of likely N-dealkylation sites (tertiary alicyclic amines) is 1. The van der Waals surface area contributed by atoms with Crippen LogP contribution in [0.5, 0.6) is 0 Å². The monoisotopic (exact) mass is 587 g/mol. The Morgan fingerprint density at radius 1 is 0.927 bits per heavy atom. The largest absolute Gasteiger partial charge is 0.303 e. The van der Waals surface area contributed by atoms with Gasteiger partial charge in [0.2, 0.25) is 0 Å². The zero-order valence-electron chi connectivity index (χ0n) is 23.9. The van der Waals surface area contributed by atoms with Gasteiger partial charge in [0.05, 0.1) is 10.6 Å². The Morgan fingerprint density at radius 3 is 2.34 bits per heavy atom. The molecule has 0 amide bonds. The average molecular weight is 588 g/mol. The molecule has 0 N–H and O–H groups in total. The Labute approximate surface area is 249 Å². The number of aromatic nitrogens is 1. The Balaban J connectivity index is 1.15. The van der Waals surface area contributed by atoms with Crippen molar-refractivity contribution in [1.29, 1.82) is 0 Å². The highest BCUT2D eigenvalue weighted by molar-refractivity contribution is 7.91. The van der Waals surface area contributed by atoms with E-state index in [2.05, 4.69) is 64.5 Å². The van der Waals surface area contributed by atoms with E-state index in [1.54, 1.807) is 19.3 Å². The number of nitrogens with zero attached hydrogens (tertiary/aromatic N) is 3. The molecule has 0 bridgehead atoms. The third kappa shape index (κ3) is 8.13. The maximum absolute atomic E-state index is 13.6. The van der Waals surface area contributed by atoms with Crippen LogP contribution in [-0.2, 0) is 16.4 Å². The smallest absolute Gasteiger partial charge is 0.252 e.